The molecule has 0 radical (unpaired) electrons. The molecular weight excluding hydrogens is 194 g/mol. The van der Waals surface area contributed by atoms with Crippen LogP contribution < -0.4 is 9.57 Å². The number of pyridine rings is 1. The zero-order valence-corrected chi connectivity index (χ0v) is 9.10. The largest absolute Gasteiger partial charge is 0.458 e. The Hall–Kier alpha value is -1.58. The molecule has 0 fully saturated rings. The predicted octanol–water partition coefficient (Wildman–Crippen LogP) is 0.989. The number of carbonyl (C=O) groups is 1. The van der Waals surface area contributed by atoms with Crippen molar-refractivity contribution in [3.8, 4) is 0 Å². The highest BCUT2D eigenvalue weighted by atomic mass is 16.7. The van der Waals surface area contributed by atoms with Crippen molar-refractivity contribution in [3.63, 3.8) is 0 Å². The second kappa shape index (κ2) is 6.01. The van der Waals surface area contributed by atoms with E-state index in [1.165, 1.54) is 4.73 Å². The van der Waals surface area contributed by atoms with Gasteiger partial charge < -0.3 is 4.74 Å². The number of hydrogen-bond donors (Lipinski definition) is 0. The molecule has 0 saturated heterocycles. The fourth-order valence-corrected chi connectivity index (χ4v) is 1.11. The maximum atomic E-state index is 11.6. The van der Waals surface area contributed by atoms with Crippen LogP contribution in [-0.4, -0.2) is 19.2 Å². The van der Waals surface area contributed by atoms with E-state index in [1.54, 1.807) is 24.4 Å². The van der Waals surface area contributed by atoms with E-state index in [1.807, 2.05) is 13.8 Å². The van der Waals surface area contributed by atoms with Crippen LogP contribution >= 0.6 is 0 Å². The third kappa shape index (κ3) is 3.23. The van der Waals surface area contributed by atoms with Crippen LogP contribution in [0.5, 0.6) is 0 Å². The van der Waals surface area contributed by atoms with E-state index in [-0.39, 0.29) is 5.97 Å². The summed E-state index contributed by atoms with van der Waals surface area (Å²) in [7, 11) is 0. The summed E-state index contributed by atoms with van der Waals surface area (Å²) in [6.45, 7) is 4.75. The summed E-state index contributed by atoms with van der Waals surface area (Å²) in [5.41, 5.74) is 0.410. The third-order valence-electron chi connectivity index (χ3n) is 1.74. The highest BCUT2D eigenvalue weighted by Gasteiger charge is 2.21. The van der Waals surface area contributed by atoms with Crippen molar-refractivity contribution >= 4 is 5.97 Å². The van der Waals surface area contributed by atoms with Gasteiger partial charge in [-0.25, -0.2) is 4.79 Å². The molecule has 4 heteroatoms. The normalized spacial score (nSPS) is 9.73. The number of hydrogen-bond acceptors (Lipinski definition) is 3. The molecule has 0 N–H and O–H groups in total. The quantitative estimate of drug-likeness (QED) is 0.537. The van der Waals surface area contributed by atoms with Crippen LogP contribution in [0, 0.1) is 0 Å². The summed E-state index contributed by atoms with van der Waals surface area (Å²) in [6, 6.07) is 5.25. The minimum atomic E-state index is -0.356. The van der Waals surface area contributed by atoms with E-state index in [4.69, 9.17) is 9.57 Å². The van der Waals surface area contributed by atoms with Crippen molar-refractivity contribution in [1.82, 2.24) is 0 Å². The first-order valence-electron chi connectivity index (χ1n) is 5.10. The first kappa shape index (κ1) is 11.5. The number of rotatable bonds is 5. The molecule has 0 unspecified atom stereocenters. The molecule has 1 aromatic rings. The Kier molecular flexibility index (Phi) is 4.60. The van der Waals surface area contributed by atoms with Crippen molar-refractivity contribution in [3.05, 3.63) is 30.1 Å². The first-order valence-corrected chi connectivity index (χ1v) is 5.10. The van der Waals surface area contributed by atoms with E-state index in [2.05, 4.69) is 0 Å². The van der Waals surface area contributed by atoms with Gasteiger partial charge in [-0.05, 0) is 19.4 Å². The average Bonchev–Trinajstić information content (AvgIpc) is 2.27. The minimum Gasteiger partial charge on any atom is -0.458 e. The Balaban J connectivity index is 2.77. The van der Waals surface area contributed by atoms with Gasteiger partial charge in [0.2, 0.25) is 6.20 Å². The van der Waals surface area contributed by atoms with Crippen molar-refractivity contribution in [2.24, 2.45) is 0 Å². The highest BCUT2D eigenvalue weighted by Crippen LogP contribution is 1.95. The Morgan fingerprint density at radius 1 is 1.40 bits per heavy atom. The van der Waals surface area contributed by atoms with E-state index in [0.29, 0.717) is 18.9 Å². The molecule has 0 aliphatic rings. The molecular formula is C11H16NO3+. The lowest BCUT2D eigenvalue weighted by Gasteiger charge is -2.01. The molecule has 4 nitrogen and oxygen atoms in total. The second-order valence-electron chi connectivity index (χ2n) is 2.97. The molecule has 0 aliphatic heterocycles. The summed E-state index contributed by atoms with van der Waals surface area (Å²) in [5, 5.41) is 0. The van der Waals surface area contributed by atoms with Crippen molar-refractivity contribution in [2.45, 2.75) is 20.3 Å². The van der Waals surface area contributed by atoms with Gasteiger partial charge in [0.15, 0.2) is 6.61 Å². The lowest BCUT2D eigenvalue weighted by Crippen LogP contribution is -2.47. The molecule has 0 amide bonds. The van der Waals surface area contributed by atoms with E-state index >= 15 is 0 Å². The number of nitrogens with zero attached hydrogens (tertiary/aromatic N) is 1. The summed E-state index contributed by atoms with van der Waals surface area (Å²) in [5.74, 6) is -0.356. The van der Waals surface area contributed by atoms with Crippen molar-refractivity contribution in [2.75, 3.05) is 13.2 Å². The first-order chi connectivity index (χ1) is 7.29. The van der Waals surface area contributed by atoms with Crippen LogP contribution in [0.4, 0.5) is 0 Å². The smallest absolute Gasteiger partial charge is 0.408 e. The SMILES string of the molecule is CCCOC(=O)c1cccc[n+]1OCC. The van der Waals surface area contributed by atoms with Gasteiger partial charge in [0, 0.05) is 16.9 Å². The Morgan fingerprint density at radius 3 is 2.87 bits per heavy atom. The zero-order valence-electron chi connectivity index (χ0n) is 9.10. The number of ether oxygens (including phenoxy) is 1. The van der Waals surface area contributed by atoms with Crippen LogP contribution in [0.2, 0.25) is 0 Å². The molecule has 0 bridgehead atoms. The molecule has 0 aliphatic carbocycles. The maximum Gasteiger partial charge on any atom is 0.408 e. The maximum absolute atomic E-state index is 11.6. The average molecular weight is 210 g/mol. The highest BCUT2D eigenvalue weighted by molar-refractivity contribution is 5.85. The lowest BCUT2D eigenvalue weighted by atomic mass is 10.3. The van der Waals surface area contributed by atoms with Gasteiger partial charge in [0.25, 0.3) is 0 Å². The van der Waals surface area contributed by atoms with Crippen molar-refractivity contribution < 1.29 is 19.1 Å². The van der Waals surface area contributed by atoms with Crippen LogP contribution in [0.3, 0.4) is 0 Å². The van der Waals surface area contributed by atoms with Crippen molar-refractivity contribution in [1.29, 1.82) is 0 Å². The van der Waals surface area contributed by atoms with Gasteiger partial charge in [-0.3, -0.25) is 4.84 Å². The molecule has 1 heterocycles. The molecule has 15 heavy (non-hydrogen) atoms. The fourth-order valence-electron chi connectivity index (χ4n) is 1.11. The van der Waals surface area contributed by atoms with E-state index < -0.39 is 0 Å². The summed E-state index contributed by atoms with van der Waals surface area (Å²) >= 11 is 0. The molecule has 0 aromatic carbocycles. The lowest BCUT2D eigenvalue weighted by molar-refractivity contribution is -0.892. The van der Waals surface area contributed by atoms with Crippen LogP contribution in [0.1, 0.15) is 30.8 Å². The topological polar surface area (TPSA) is 39.4 Å². The van der Waals surface area contributed by atoms with Gasteiger partial charge >= 0.3 is 11.7 Å². The van der Waals surface area contributed by atoms with E-state index in [9.17, 15) is 4.79 Å². The number of aromatic nitrogens is 1. The predicted molar refractivity (Wildman–Crippen MR) is 54.3 cm³/mol. The zero-order chi connectivity index (χ0) is 11.1. The number of carbonyl (C=O) groups excluding carboxylic acids is 1. The molecule has 0 atom stereocenters. The third-order valence-corrected chi connectivity index (χ3v) is 1.74. The van der Waals surface area contributed by atoms with Gasteiger partial charge in [-0.15, -0.1) is 0 Å². The monoisotopic (exact) mass is 210 g/mol. The van der Waals surface area contributed by atoms with Gasteiger partial charge in [-0.2, -0.15) is 0 Å². The second-order valence-corrected chi connectivity index (χ2v) is 2.97. The molecule has 0 spiro atoms. The van der Waals surface area contributed by atoms with E-state index in [0.717, 1.165) is 6.42 Å². The molecule has 0 saturated carbocycles. The molecule has 82 valence electrons. The summed E-state index contributed by atoms with van der Waals surface area (Å²) < 4.78 is 6.45. The summed E-state index contributed by atoms with van der Waals surface area (Å²) in [6.07, 6.45) is 2.50. The van der Waals surface area contributed by atoms with Gasteiger partial charge in [-0.1, -0.05) is 6.92 Å². The van der Waals surface area contributed by atoms with Crippen LogP contribution in [0.25, 0.3) is 0 Å². The van der Waals surface area contributed by atoms with Crippen LogP contribution in [0.15, 0.2) is 24.4 Å². The molecule has 1 rings (SSSR count). The fraction of sp³-hybridized carbons (Fsp3) is 0.455. The standard InChI is InChI=1S/C11H16NO3/c1-3-9-14-11(13)10-7-5-6-8-12(10)15-4-2/h5-8H,3-4,9H2,1-2H3/q+1. The van der Waals surface area contributed by atoms with Gasteiger partial charge in [0.05, 0.1) is 6.61 Å². The minimum absolute atomic E-state index is 0.356. The Labute approximate surface area is 89.4 Å². The Bertz CT molecular complexity index is 325. The number of esters is 1. The summed E-state index contributed by atoms with van der Waals surface area (Å²) in [4.78, 5) is 16.8. The van der Waals surface area contributed by atoms with Gasteiger partial charge in [0.1, 0.15) is 0 Å². The Morgan fingerprint density at radius 2 is 2.20 bits per heavy atom. The van der Waals surface area contributed by atoms with Crippen LogP contribution in [-0.2, 0) is 4.74 Å². The molecule has 1 aromatic heterocycles.